The fourth-order valence-electron chi connectivity index (χ4n) is 2.50. The third kappa shape index (κ3) is 6.61. The van der Waals surface area contributed by atoms with Crippen LogP contribution in [0.25, 0.3) is 0 Å². The number of rotatable bonds is 7. The number of carbonyl (C=O) groups is 2. The van der Waals surface area contributed by atoms with Crippen LogP contribution in [-0.2, 0) is 10.2 Å². The van der Waals surface area contributed by atoms with E-state index in [1.54, 1.807) is 24.3 Å². The minimum Gasteiger partial charge on any atom is -0.494 e. The maximum atomic E-state index is 11.9. The van der Waals surface area contributed by atoms with Crippen LogP contribution >= 0.6 is 0 Å². The maximum Gasteiger partial charge on any atom is 0.337 e. The highest BCUT2D eigenvalue weighted by Gasteiger charge is 2.13. The number of hydrogen-bond donors (Lipinski definition) is 2. The molecule has 2 rings (SSSR count). The van der Waals surface area contributed by atoms with Gasteiger partial charge in [0.1, 0.15) is 5.75 Å². The molecule has 0 atom stereocenters. The van der Waals surface area contributed by atoms with E-state index in [1.807, 2.05) is 12.1 Å². The average Bonchev–Trinajstić information content (AvgIpc) is 2.67. The fourth-order valence-corrected chi connectivity index (χ4v) is 2.50. The molecule has 6 nitrogen and oxygen atoms in total. The first-order chi connectivity index (χ1) is 13.3. The largest absolute Gasteiger partial charge is 0.494 e. The molecule has 0 aliphatic heterocycles. The predicted molar refractivity (Wildman–Crippen MR) is 110 cm³/mol. The average molecular weight is 384 g/mol. The van der Waals surface area contributed by atoms with Crippen molar-refractivity contribution in [2.45, 2.75) is 32.6 Å². The lowest BCUT2D eigenvalue weighted by molar-refractivity contribution is 0.0600. The van der Waals surface area contributed by atoms with Gasteiger partial charge in [-0.3, -0.25) is 0 Å². The van der Waals surface area contributed by atoms with Gasteiger partial charge in [-0.15, -0.1) is 0 Å². The van der Waals surface area contributed by atoms with Crippen molar-refractivity contribution in [1.82, 2.24) is 5.32 Å². The molecular weight excluding hydrogens is 356 g/mol. The zero-order valence-electron chi connectivity index (χ0n) is 16.9. The lowest BCUT2D eigenvalue weighted by Crippen LogP contribution is -2.30. The van der Waals surface area contributed by atoms with E-state index in [-0.39, 0.29) is 11.4 Å². The first-order valence-electron chi connectivity index (χ1n) is 9.26. The summed E-state index contributed by atoms with van der Waals surface area (Å²) in [5, 5.41) is 5.49. The van der Waals surface area contributed by atoms with Gasteiger partial charge in [0.25, 0.3) is 0 Å². The van der Waals surface area contributed by atoms with Crippen LogP contribution in [0.2, 0.25) is 0 Å². The second-order valence-corrected chi connectivity index (χ2v) is 7.43. The number of hydrogen-bond acceptors (Lipinski definition) is 4. The highest BCUT2D eigenvalue weighted by atomic mass is 16.5. The van der Waals surface area contributed by atoms with E-state index < -0.39 is 5.97 Å². The van der Waals surface area contributed by atoms with Crippen molar-refractivity contribution in [1.29, 1.82) is 0 Å². The highest BCUT2D eigenvalue weighted by molar-refractivity contribution is 5.92. The van der Waals surface area contributed by atoms with Gasteiger partial charge in [-0.05, 0) is 53.8 Å². The molecule has 0 fully saturated rings. The molecular formula is C22H28N2O4. The molecule has 0 unspecified atom stereocenters. The van der Waals surface area contributed by atoms with Crippen LogP contribution in [0.5, 0.6) is 5.75 Å². The van der Waals surface area contributed by atoms with E-state index in [9.17, 15) is 9.59 Å². The van der Waals surface area contributed by atoms with Crippen LogP contribution in [-0.4, -0.2) is 32.3 Å². The van der Waals surface area contributed by atoms with Gasteiger partial charge >= 0.3 is 12.0 Å². The number of urea groups is 1. The fraction of sp³-hybridized carbons (Fsp3) is 0.364. The van der Waals surface area contributed by atoms with Crippen LogP contribution in [0.3, 0.4) is 0 Å². The lowest BCUT2D eigenvalue weighted by atomic mass is 9.87. The number of methoxy groups -OCH3 is 1. The number of nitrogens with one attached hydrogen (secondary N) is 2. The van der Waals surface area contributed by atoms with E-state index in [0.717, 1.165) is 5.75 Å². The molecule has 0 saturated heterocycles. The molecule has 0 radical (unpaired) electrons. The summed E-state index contributed by atoms with van der Waals surface area (Å²) in [6.45, 7) is 7.53. The SMILES string of the molecule is COC(=O)c1ccc(NC(=O)NCCCOc2ccc(C(C)(C)C)cc2)cc1. The summed E-state index contributed by atoms with van der Waals surface area (Å²) in [6, 6.07) is 14.3. The minimum absolute atomic E-state index is 0.120. The number of ether oxygens (including phenoxy) is 2. The van der Waals surface area contributed by atoms with Gasteiger partial charge in [-0.25, -0.2) is 9.59 Å². The highest BCUT2D eigenvalue weighted by Crippen LogP contribution is 2.24. The van der Waals surface area contributed by atoms with Gasteiger partial charge in [0.2, 0.25) is 0 Å². The summed E-state index contributed by atoms with van der Waals surface area (Å²) in [5.74, 6) is 0.409. The molecule has 0 aliphatic carbocycles. The summed E-state index contributed by atoms with van der Waals surface area (Å²) >= 11 is 0. The van der Waals surface area contributed by atoms with Crippen molar-refractivity contribution < 1.29 is 19.1 Å². The summed E-state index contributed by atoms with van der Waals surface area (Å²) in [6.07, 6.45) is 0.690. The summed E-state index contributed by atoms with van der Waals surface area (Å²) in [5.41, 5.74) is 2.41. The van der Waals surface area contributed by atoms with Crippen molar-refractivity contribution in [3.63, 3.8) is 0 Å². The third-order valence-corrected chi connectivity index (χ3v) is 4.16. The van der Waals surface area contributed by atoms with Crippen molar-refractivity contribution in [3.8, 4) is 5.75 Å². The van der Waals surface area contributed by atoms with Crippen molar-refractivity contribution in [3.05, 3.63) is 59.7 Å². The maximum absolute atomic E-state index is 11.9. The Kier molecular flexibility index (Phi) is 7.44. The topological polar surface area (TPSA) is 76.7 Å². The molecule has 0 heterocycles. The van der Waals surface area contributed by atoms with Crippen LogP contribution in [0.4, 0.5) is 10.5 Å². The Balaban J connectivity index is 1.66. The number of amides is 2. The first-order valence-corrected chi connectivity index (χ1v) is 9.26. The molecule has 0 saturated carbocycles. The van der Waals surface area contributed by atoms with E-state index in [4.69, 9.17) is 4.74 Å². The molecule has 0 spiro atoms. The van der Waals surface area contributed by atoms with Gasteiger partial charge < -0.3 is 20.1 Å². The van der Waals surface area contributed by atoms with E-state index >= 15 is 0 Å². The normalized spacial score (nSPS) is 10.9. The Hall–Kier alpha value is -3.02. The number of anilines is 1. The van der Waals surface area contributed by atoms with Crippen LogP contribution in [0.1, 0.15) is 43.1 Å². The van der Waals surface area contributed by atoms with E-state index in [0.29, 0.717) is 30.8 Å². The molecule has 0 aliphatic rings. The minimum atomic E-state index is -0.413. The smallest absolute Gasteiger partial charge is 0.337 e. The Morgan fingerprint density at radius 2 is 1.61 bits per heavy atom. The Labute approximate surface area is 166 Å². The number of benzene rings is 2. The first kappa shape index (κ1) is 21.3. The number of carbonyl (C=O) groups excluding carboxylic acids is 2. The molecule has 0 bridgehead atoms. The molecule has 150 valence electrons. The van der Waals surface area contributed by atoms with Gasteiger partial charge in [-0.2, -0.15) is 0 Å². The molecule has 2 N–H and O–H groups in total. The van der Waals surface area contributed by atoms with E-state index in [2.05, 4.69) is 48.3 Å². The van der Waals surface area contributed by atoms with Gasteiger partial charge in [-0.1, -0.05) is 32.9 Å². The van der Waals surface area contributed by atoms with E-state index in [1.165, 1.54) is 12.7 Å². The monoisotopic (exact) mass is 384 g/mol. The molecule has 28 heavy (non-hydrogen) atoms. The van der Waals surface area contributed by atoms with Gasteiger partial charge in [0, 0.05) is 12.2 Å². The quantitative estimate of drug-likeness (QED) is 0.549. The zero-order valence-corrected chi connectivity index (χ0v) is 16.9. The lowest BCUT2D eigenvalue weighted by Gasteiger charge is -2.19. The molecule has 2 aromatic carbocycles. The molecule has 2 aromatic rings. The molecule has 6 heteroatoms. The van der Waals surface area contributed by atoms with Gasteiger partial charge in [0.15, 0.2) is 0 Å². The third-order valence-electron chi connectivity index (χ3n) is 4.16. The molecule has 2 amide bonds. The Morgan fingerprint density at radius 1 is 0.964 bits per heavy atom. The Morgan fingerprint density at radius 3 is 2.18 bits per heavy atom. The summed E-state index contributed by atoms with van der Waals surface area (Å²) < 4.78 is 10.3. The van der Waals surface area contributed by atoms with Crippen molar-refractivity contribution in [2.24, 2.45) is 0 Å². The standard InChI is InChI=1S/C22H28N2O4/c1-22(2,3)17-8-12-19(13-9-17)28-15-5-14-23-21(26)24-18-10-6-16(7-11-18)20(25)27-4/h6-13H,5,14-15H2,1-4H3,(H2,23,24,26). The zero-order chi connectivity index (χ0) is 20.6. The van der Waals surface area contributed by atoms with Crippen LogP contribution in [0, 0.1) is 0 Å². The second-order valence-electron chi connectivity index (χ2n) is 7.43. The second kappa shape index (κ2) is 9.78. The van der Waals surface area contributed by atoms with Crippen molar-refractivity contribution in [2.75, 3.05) is 25.6 Å². The van der Waals surface area contributed by atoms with Crippen LogP contribution < -0.4 is 15.4 Å². The predicted octanol–water partition coefficient (Wildman–Crippen LogP) is 4.36. The Bertz CT molecular complexity index is 778. The summed E-state index contributed by atoms with van der Waals surface area (Å²) in [7, 11) is 1.33. The summed E-state index contributed by atoms with van der Waals surface area (Å²) in [4.78, 5) is 23.3. The van der Waals surface area contributed by atoms with Gasteiger partial charge in [0.05, 0.1) is 19.3 Å². The van der Waals surface area contributed by atoms with Crippen LogP contribution in [0.15, 0.2) is 48.5 Å². The number of esters is 1. The molecule has 0 aromatic heterocycles. The van der Waals surface area contributed by atoms with Crippen molar-refractivity contribution >= 4 is 17.7 Å².